The number of hydrogen-bond acceptors (Lipinski definition) is 2. The van der Waals surface area contributed by atoms with Gasteiger partial charge in [0.15, 0.2) is 0 Å². The van der Waals surface area contributed by atoms with E-state index in [0.29, 0.717) is 0 Å². The minimum absolute atomic E-state index is 0.146. The molecule has 0 saturated heterocycles. The van der Waals surface area contributed by atoms with Gasteiger partial charge in [0.2, 0.25) is 0 Å². The summed E-state index contributed by atoms with van der Waals surface area (Å²) in [5.74, 6) is 0. The molecule has 0 aromatic carbocycles. The van der Waals surface area contributed by atoms with Crippen LogP contribution in [0.5, 0.6) is 0 Å². The standard InChI is InChI=1S/C6H7N3OSe/c7-6(10)9-11-5-3-1-2-4-8-5/h1-4H,(H3,7,9,10). The summed E-state index contributed by atoms with van der Waals surface area (Å²) in [6.45, 7) is 0. The van der Waals surface area contributed by atoms with Crippen LogP contribution in [0.25, 0.3) is 0 Å². The van der Waals surface area contributed by atoms with Crippen molar-refractivity contribution in [2.24, 2.45) is 5.73 Å². The normalized spacial score (nSPS) is 9.09. The van der Waals surface area contributed by atoms with Crippen LogP contribution < -0.4 is 14.7 Å². The Morgan fingerprint density at radius 1 is 1.64 bits per heavy atom. The third kappa shape index (κ3) is 3.02. The van der Waals surface area contributed by atoms with E-state index in [4.69, 9.17) is 5.73 Å². The third-order valence-corrected chi connectivity index (χ3v) is 2.48. The maximum atomic E-state index is 10.3. The van der Waals surface area contributed by atoms with Crippen LogP contribution in [0.3, 0.4) is 0 Å². The van der Waals surface area contributed by atoms with Crippen LogP contribution in [0.15, 0.2) is 24.4 Å². The van der Waals surface area contributed by atoms with E-state index in [9.17, 15) is 4.79 Å². The second-order valence-electron chi connectivity index (χ2n) is 1.74. The van der Waals surface area contributed by atoms with E-state index in [1.54, 1.807) is 6.20 Å². The number of hydrogen-bond donors (Lipinski definition) is 2. The number of carbonyl (C=O) groups excluding carboxylic acids is 1. The fourth-order valence-electron chi connectivity index (χ4n) is 0.510. The summed E-state index contributed by atoms with van der Waals surface area (Å²) in [5.41, 5.74) is 4.88. The Kier molecular flexibility index (Phi) is 2.89. The molecule has 0 fully saturated rings. The first-order chi connectivity index (χ1) is 5.29. The van der Waals surface area contributed by atoms with E-state index in [1.165, 1.54) is 0 Å². The molecular weight excluding hydrogens is 209 g/mol. The van der Waals surface area contributed by atoms with Gasteiger partial charge in [0.1, 0.15) is 0 Å². The SMILES string of the molecule is NC(=O)N[Se]c1ccccn1. The van der Waals surface area contributed by atoms with Crippen molar-refractivity contribution in [2.75, 3.05) is 0 Å². The summed E-state index contributed by atoms with van der Waals surface area (Å²) in [4.78, 5) is 14.3. The molecule has 0 aliphatic carbocycles. The van der Waals surface area contributed by atoms with E-state index < -0.39 is 6.03 Å². The van der Waals surface area contributed by atoms with E-state index in [-0.39, 0.29) is 15.2 Å². The molecule has 0 atom stereocenters. The number of carbonyl (C=O) groups is 1. The van der Waals surface area contributed by atoms with Crippen LogP contribution in [-0.4, -0.2) is 26.2 Å². The van der Waals surface area contributed by atoms with Crippen LogP contribution >= 0.6 is 0 Å². The van der Waals surface area contributed by atoms with Gasteiger partial charge in [-0.05, 0) is 0 Å². The van der Waals surface area contributed by atoms with Crippen molar-refractivity contribution in [3.05, 3.63) is 24.4 Å². The first-order valence-corrected chi connectivity index (χ1v) is 4.63. The predicted molar refractivity (Wildman–Crippen MR) is 42.3 cm³/mol. The summed E-state index contributed by atoms with van der Waals surface area (Å²) in [6, 6.07) is 5.03. The molecule has 3 N–H and O–H groups in total. The predicted octanol–water partition coefficient (Wildman–Crippen LogP) is -1.01. The maximum absolute atomic E-state index is 10.3. The van der Waals surface area contributed by atoms with Gasteiger partial charge in [0.25, 0.3) is 0 Å². The number of primary amides is 1. The van der Waals surface area contributed by atoms with Crippen molar-refractivity contribution in [3.63, 3.8) is 0 Å². The van der Waals surface area contributed by atoms with Gasteiger partial charge in [0.05, 0.1) is 0 Å². The zero-order valence-electron chi connectivity index (χ0n) is 5.65. The number of amides is 2. The zero-order valence-corrected chi connectivity index (χ0v) is 7.36. The zero-order chi connectivity index (χ0) is 8.10. The summed E-state index contributed by atoms with van der Waals surface area (Å²) in [7, 11) is 0. The number of urea groups is 1. The average Bonchev–Trinajstić information content (AvgIpc) is 2.03. The topological polar surface area (TPSA) is 68.0 Å². The van der Waals surface area contributed by atoms with E-state index >= 15 is 0 Å². The molecule has 0 radical (unpaired) electrons. The minimum atomic E-state index is -0.504. The molecule has 0 aliphatic rings. The second kappa shape index (κ2) is 3.95. The molecular formula is C6H7N3OSe. The molecule has 0 aliphatic heterocycles. The third-order valence-electron chi connectivity index (χ3n) is 0.894. The van der Waals surface area contributed by atoms with Crippen LogP contribution in [0.1, 0.15) is 0 Å². The van der Waals surface area contributed by atoms with Crippen LogP contribution in [0.2, 0.25) is 0 Å². The first-order valence-electron chi connectivity index (χ1n) is 2.92. The van der Waals surface area contributed by atoms with Crippen LogP contribution in [-0.2, 0) is 0 Å². The van der Waals surface area contributed by atoms with Gasteiger partial charge in [0, 0.05) is 0 Å². The molecule has 0 bridgehead atoms. The van der Waals surface area contributed by atoms with Crippen molar-refractivity contribution in [1.29, 1.82) is 0 Å². The van der Waals surface area contributed by atoms with Crippen molar-refractivity contribution >= 4 is 25.8 Å². The Bertz CT molecular complexity index is 239. The molecule has 0 spiro atoms. The number of pyridine rings is 1. The fourth-order valence-corrected chi connectivity index (χ4v) is 1.49. The number of nitrogens with zero attached hydrogens (tertiary/aromatic N) is 1. The monoisotopic (exact) mass is 217 g/mol. The van der Waals surface area contributed by atoms with Crippen molar-refractivity contribution in [3.8, 4) is 0 Å². The van der Waals surface area contributed by atoms with Crippen LogP contribution in [0.4, 0.5) is 4.79 Å². The summed E-state index contributed by atoms with van der Waals surface area (Å²) in [5, 5.41) is 0. The molecule has 0 saturated carbocycles. The van der Waals surface area contributed by atoms with Gasteiger partial charge in [-0.25, -0.2) is 0 Å². The summed E-state index contributed by atoms with van der Waals surface area (Å²) in [6.07, 6.45) is 1.68. The fraction of sp³-hybridized carbons (Fsp3) is 0. The van der Waals surface area contributed by atoms with Gasteiger partial charge in [-0.2, -0.15) is 0 Å². The molecule has 11 heavy (non-hydrogen) atoms. The Morgan fingerprint density at radius 2 is 2.45 bits per heavy atom. The Morgan fingerprint density at radius 3 is 3.00 bits per heavy atom. The van der Waals surface area contributed by atoms with Gasteiger partial charge in [-0.1, -0.05) is 0 Å². The Labute approximate surface area is 70.6 Å². The molecule has 58 valence electrons. The summed E-state index contributed by atoms with van der Waals surface area (Å²) >= 11 is -0.146. The number of rotatable bonds is 2. The first kappa shape index (κ1) is 8.04. The number of aromatic nitrogens is 1. The van der Waals surface area contributed by atoms with Crippen molar-refractivity contribution in [1.82, 2.24) is 9.32 Å². The Balaban J connectivity index is 2.45. The molecule has 0 unspecified atom stereocenters. The summed E-state index contributed by atoms with van der Waals surface area (Å²) < 4.78 is 3.36. The second-order valence-corrected chi connectivity index (χ2v) is 3.47. The molecule has 1 aromatic rings. The molecule has 2 amide bonds. The molecule has 4 nitrogen and oxygen atoms in total. The van der Waals surface area contributed by atoms with E-state index in [2.05, 4.69) is 9.32 Å². The van der Waals surface area contributed by atoms with Gasteiger partial charge in [-0.3, -0.25) is 0 Å². The van der Waals surface area contributed by atoms with Gasteiger partial charge >= 0.3 is 70.0 Å². The number of nitrogens with two attached hydrogens (primary N) is 1. The van der Waals surface area contributed by atoms with Crippen molar-refractivity contribution in [2.45, 2.75) is 0 Å². The van der Waals surface area contributed by atoms with E-state index in [1.807, 2.05) is 18.2 Å². The average molecular weight is 216 g/mol. The number of nitrogens with one attached hydrogen (secondary N) is 1. The van der Waals surface area contributed by atoms with E-state index in [0.717, 1.165) is 4.59 Å². The molecule has 5 heteroatoms. The van der Waals surface area contributed by atoms with Crippen molar-refractivity contribution < 1.29 is 4.79 Å². The quantitative estimate of drug-likeness (QED) is 0.622. The van der Waals surface area contributed by atoms with Gasteiger partial charge < -0.3 is 0 Å². The van der Waals surface area contributed by atoms with Crippen LogP contribution in [0, 0.1) is 0 Å². The molecule has 1 heterocycles. The van der Waals surface area contributed by atoms with Gasteiger partial charge in [-0.15, -0.1) is 0 Å². The molecule has 1 rings (SSSR count). The Hall–Kier alpha value is -1.06. The molecule has 1 aromatic heterocycles.